The Hall–Kier alpha value is -1.77. The van der Waals surface area contributed by atoms with Crippen LogP contribution in [0.5, 0.6) is 0 Å². The number of hydrogen-bond acceptors (Lipinski definition) is 4. The molecule has 126 valence electrons. The highest BCUT2D eigenvalue weighted by molar-refractivity contribution is 8.00. The lowest BCUT2D eigenvalue weighted by Crippen LogP contribution is -2.33. The van der Waals surface area contributed by atoms with E-state index < -0.39 is 22.4 Å². The van der Waals surface area contributed by atoms with Crippen molar-refractivity contribution >= 4 is 23.4 Å². The standard InChI is InChI=1S/C14H15F3N2O3S/c15-14(16,17)9-5-6-12(11(7-9)19(21)22)23-8-13(20)18-10-3-1-2-4-10/h5-7,10H,1-4,8H2,(H,18,20). The Bertz CT molecular complexity index is 601. The SMILES string of the molecule is O=C(CSc1ccc(C(F)(F)F)cc1[N+](=O)[O-])NC1CCCC1. The fourth-order valence-corrected chi connectivity index (χ4v) is 3.26. The molecule has 1 aromatic carbocycles. The summed E-state index contributed by atoms with van der Waals surface area (Å²) in [5, 5.41) is 13.8. The maximum absolute atomic E-state index is 12.6. The highest BCUT2D eigenvalue weighted by Gasteiger charge is 2.33. The van der Waals surface area contributed by atoms with Gasteiger partial charge in [-0.1, -0.05) is 12.8 Å². The third-order valence-corrected chi connectivity index (χ3v) is 4.62. The van der Waals surface area contributed by atoms with Crippen LogP contribution in [0.15, 0.2) is 23.1 Å². The van der Waals surface area contributed by atoms with E-state index in [9.17, 15) is 28.1 Å². The lowest BCUT2D eigenvalue weighted by Gasteiger charge is -2.12. The van der Waals surface area contributed by atoms with Crippen LogP contribution in [-0.4, -0.2) is 22.6 Å². The van der Waals surface area contributed by atoms with E-state index in [0.29, 0.717) is 6.07 Å². The average Bonchev–Trinajstić information content (AvgIpc) is 2.96. The molecule has 5 nitrogen and oxygen atoms in total. The first-order chi connectivity index (χ1) is 10.8. The minimum absolute atomic E-state index is 0.0459. The van der Waals surface area contributed by atoms with Crippen molar-refractivity contribution in [1.29, 1.82) is 0 Å². The zero-order chi connectivity index (χ0) is 17.0. The molecule has 0 unspecified atom stereocenters. The summed E-state index contributed by atoms with van der Waals surface area (Å²) in [4.78, 5) is 21.9. The summed E-state index contributed by atoms with van der Waals surface area (Å²) in [6.07, 6.45) is -0.702. The van der Waals surface area contributed by atoms with Crippen molar-refractivity contribution < 1.29 is 22.9 Å². The van der Waals surface area contributed by atoms with Crippen LogP contribution in [0, 0.1) is 10.1 Å². The third-order valence-electron chi connectivity index (χ3n) is 3.56. The second-order valence-electron chi connectivity index (χ2n) is 5.27. The molecule has 0 aromatic heterocycles. The largest absolute Gasteiger partial charge is 0.416 e. The topological polar surface area (TPSA) is 72.2 Å². The van der Waals surface area contributed by atoms with Gasteiger partial charge in [0, 0.05) is 12.1 Å². The van der Waals surface area contributed by atoms with Crippen LogP contribution < -0.4 is 5.32 Å². The van der Waals surface area contributed by atoms with Gasteiger partial charge in [0.2, 0.25) is 5.91 Å². The van der Waals surface area contributed by atoms with Crippen LogP contribution in [0.3, 0.4) is 0 Å². The van der Waals surface area contributed by atoms with Crippen molar-refractivity contribution in [2.24, 2.45) is 0 Å². The smallest absolute Gasteiger partial charge is 0.353 e. The van der Waals surface area contributed by atoms with E-state index in [1.165, 1.54) is 0 Å². The molecular formula is C14H15F3N2O3S. The van der Waals surface area contributed by atoms with Crippen LogP contribution in [0.2, 0.25) is 0 Å². The highest BCUT2D eigenvalue weighted by Crippen LogP contribution is 2.36. The van der Waals surface area contributed by atoms with Crippen LogP contribution in [0.1, 0.15) is 31.2 Å². The number of nitro benzene ring substituents is 1. The highest BCUT2D eigenvalue weighted by atomic mass is 32.2. The Labute approximate surface area is 134 Å². The molecule has 9 heteroatoms. The summed E-state index contributed by atoms with van der Waals surface area (Å²) in [5.41, 5.74) is -1.72. The van der Waals surface area contributed by atoms with Crippen LogP contribution in [0.4, 0.5) is 18.9 Å². The van der Waals surface area contributed by atoms with Gasteiger partial charge in [0.15, 0.2) is 0 Å². The second kappa shape index (κ2) is 7.20. The quantitative estimate of drug-likeness (QED) is 0.499. The summed E-state index contributed by atoms with van der Waals surface area (Å²) in [5.74, 6) is -0.334. The molecular weight excluding hydrogens is 333 g/mol. The minimum Gasteiger partial charge on any atom is -0.353 e. The van der Waals surface area contributed by atoms with Gasteiger partial charge >= 0.3 is 6.18 Å². The number of carbonyl (C=O) groups excluding carboxylic acids is 1. The summed E-state index contributed by atoms with van der Waals surface area (Å²) in [7, 11) is 0. The van der Waals surface area contributed by atoms with Gasteiger partial charge in [-0.3, -0.25) is 14.9 Å². The van der Waals surface area contributed by atoms with E-state index >= 15 is 0 Å². The number of carbonyl (C=O) groups is 1. The molecule has 1 aliphatic rings. The van der Waals surface area contributed by atoms with Gasteiger partial charge in [-0.2, -0.15) is 13.2 Å². The summed E-state index contributed by atoms with van der Waals surface area (Å²) < 4.78 is 37.8. The summed E-state index contributed by atoms with van der Waals surface area (Å²) in [6.45, 7) is 0. The molecule has 1 amide bonds. The Kier molecular flexibility index (Phi) is 5.51. The van der Waals surface area contributed by atoms with E-state index in [-0.39, 0.29) is 22.6 Å². The maximum Gasteiger partial charge on any atom is 0.416 e. The second-order valence-corrected chi connectivity index (χ2v) is 6.29. The van der Waals surface area contributed by atoms with Crippen molar-refractivity contribution in [2.75, 3.05) is 5.75 Å². The molecule has 0 radical (unpaired) electrons. The summed E-state index contributed by atoms with van der Waals surface area (Å²) in [6, 6.07) is 2.45. The van der Waals surface area contributed by atoms with Crippen molar-refractivity contribution in [3.8, 4) is 0 Å². The first-order valence-corrected chi connectivity index (χ1v) is 8.03. The zero-order valence-corrected chi connectivity index (χ0v) is 12.9. The first kappa shape index (κ1) is 17.6. The van der Waals surface area contributed by atoms with Gasteiger partial charge in [-0.15, -0.1) is 11.8 Å². The van der Waals surface area contributed by atoms with E-state index in [1.807, 2.05) is 0 Å². The van der Waals surface area contributed by atoms with Crippen LogP contribution in [-0.2, 0) is 11.0 Å². The van der Waals surface area contributed by atoms with E-state index in [0.717, 1.165) is 49.6 Å². The van der Waals surface area contributed by atoms with Crippen molar-refractivity contribution in [2.45, 2.75) is 42.8 Å². The number of rotatable bonds is 5. The maximum atomic E-state index is 12.6. The van der Waals surface area contributed by atoms with Crippen LogP contribution >= 0.6 is 11.8 Å². The number of hydrogen-bond donors (Lipinski definition) is 1. The molecule has 23 heavy (non-hydrogen) atoms. The molecule has 0 aliphatic heterocycles. The van der Waals surface area contributed by atoms with Gasteiger partial charge in [-0.25, -0.2) is 0 Å². The van der Waals surface area contributed by atoms with Gasteiger partial charge in [0.1, 0.15) is 0 Å². The molecule has 1 N–H and O–H groups in total. The number of benzene rings is 1. The number of amides is 1. The molecule has 2 rings (SSSR count). The zero-order valence-electron chi connectivity index (χ0n) is 12.1. The van der Waals surface area contributed by atoms with Gasteiger partial charge < -0.3 is 5.32 Å². The predicted octanol–water partition coefficient (Wildman–Crippen LogP) is 3.76. The minimum atomic E-state index is -4.65. The van der Waals surface area contributed by atoms with E-state index in [4.69, 9.17) is 0 Å². The Morgan fingerprint density at radius 1 is 1.35 bits per heavy atom. The van der Waals surface area contributed by atoms with Crippen molar-refractivity contribution in [3.63, 3.8) is 0 Å². The van der Waals surface area contributed by atoms with Gasteiger partial charge in [-0.05, 0) is 25.0 Å². The monoisotopic (exact) mass is 348 g/mol. The van der Waals surface area contributed by atoms with Gasteiger partial charge in [0.05, 0.1) is 21.1 Å². The molecule has 0 atom stereocenters. The first-order valence-electron chi connectivity index (χ1n) is 7.05. The molecule has 1 aromatic rings. The average molecular weight is 348 g/mol. The molecule has 1 saturated carbocycles. The lowest BCUT2D eigenvalue weighted by molar-refractivity contribution is -0.388. The fraction of sp³-hybridized carbons (Fsp3) is 0.500. The van der Waals surface area contributed by atoms with Crippen LogP contribution in [0.25, 0.3) is 0 Å². The van der Waals surface area contributed by atoms with E-state index in [1.54, 1.807) is 0 Å². The summed E-state index contributed by atoms with van der Waals surface area (Å²) >= 11 is 0.865. The molecule has 0 spiro atoms. The van der Waals surface area contributed by atoms with Crippen molar-refractivity contribution in [1.82, 2.24) is 5.32 Å². The number of thioether (sulfide) groups is 1. The number of nitro groups is 1. The third kappa shape index (κ3) is 4.85. The molecule has 1 fully saturated rings. The fourth-order valence-electron chi connectivity index (χ4n) is 2.44. The molecule has 0 heterocycles. The molecule has 0 bridgehead atoms. The number of halogens is 3. The van der Waals surface area contributed by atoms with E-state index in [2.05, 4.69) is 5.32 Å². The molecule has 1 aliphatic carbocycles. The van der Waals surface area contributed by atoms with Gasteiger partial charge in [0.25, 0.3) is 5.69 Å². The predicted molar refractivity (Wildman–Crippen MR) is 79.2 cm³/mol. The number of nitrogens with one attached hydrogen (secondary N) is 1. The Morgan fingerprint density at radius 2 is 2.00 bits per heavy atom. The normalized spacial score (nSPS) is 15.6. The Morgan fingerprint density at radius 3 is 2.57 bits per heavy atom. The molecule has 0 saturated heterocycles. The Balaban J connectivity index is 2.03. The van der Waals surface area contributed by atoms with Crippen molar-refractivity contribution in [3.05, 3.63) is 33.9 Å². The lowest BCUT2D eigenvalue weighted by atomic mass is 10.2. The number of alkyl halides is 3. The number of nitrogens with zero attached hydrogens (tertiary/aromatic N) is 1.